The van der Waals surface area contributed by atoms with Crippen molar-refractivity contribution in [3.05, 3.63) is 41.1 Å². The highest BCUT2D eigenvalue weighted by molar-refractivity contribution is 5.91. The van der Waals surface area contributed by atoms with Crippen molar-refractivity contribution in [1.29, 1.82) is 0 Å². The molecule has 1 amide bonds. The summed E-state index contributed by atoms with van der Waals surface area (Å²) in [5.74, 6) is 1.28. The van der Waals surface area contributed by atoms with Crippen LogP contribution in [-0.2, 0) is 11.3 Å². The standard InChI is InChI=1S/C20H22N6O4/c1-29-14-7-13(8-15(9-14)30-2)23-17(27)11-26-12-22-18-16(19(26)28)10-21-20(24-18)25-5-3-4-6-25/h7-10,12H,3-6,11H2,1-2H3,(H,23,27). The number of aromatic nitrogens is 4. The number of anilines is 2. The van der Waals surface area contributed by atoms with Gasteiger partial charge in [0, 0.05) is 43.2 Å². The zero-order valence-electron chi connectivity index (χ0n) is 16.8. The van der Waals surface area contributed by atoms with Gasteiger partial charge in [0.05, 0.1) is 14.2 Å². The lowest BCUT2D eigenvalue weighted by molar-refractivity contribution is -0.116. The number of nitrogens with one attached hydrogen (secondary N) is 1. The van der Waals surface area contributed by atoms with Crippen LogP contribution in [0.4, 0.5) is 11.6 Å². The van der Waals surface area contributed by atoms with E-state index < -0.39 is 0 Å². The summed E-state index contributed by atoms with van der Waals surface area (Å²) in [6.45, 7) is 1.60. The van der Waals surface area contributed by atoms with Gasteiger partial charge in [-0.2, -0.15) is 4.98 Å². The molecule has 1 aromatic carbocycles. The first-order valence-corrected chi connectivity index (χ1v) is 9.57. The number of hydrogen-bond donors (Lipinski definition) is 1. The van der Waals surface area contributed by atoms with E-state index in [1.54, 1.807) is 18.2 Å². The maximum absolute atomic E-state index is 12.8. The summed E-state index contributed by atoms with van der Waals surface area (Å²) in [5, 5.41) is 3.01. The Morgan fingerprint density at radius 1 is 1.10 bits per heavy atom. The molecule has 30 heavy (non-hydrogen) atoms. The van der Waals surface area contributed by atoms with E-state index >= 15 is 0 Å². The molecule has 1 fully saturated rings. The lowest BCUT2D eigenvalue weighted by Gasteiger charge is -2.14. The maximum atomic E-state index is 12.8. The van der Waals surface area contributed by atoms with Crippen LogP contribution in [0.5, 0.6) is 11.5 Å². The van der Waals surface area contributed by atoms with Crippen LogP contribution in [0, 0.1) is 0 Å². The second-order valence-electron chi connectivity index (χ2n) is 6.93. The van der Waals surface area contributed by atoms with E-state index in [2.05, 4.69) is 25.2 Å². The monoisotopic (exact) mass is 410 g/mol. The Labute approximate surface area is 172 Å². The number of amides is 1. The lowest BCUT2D eigenvalue weighted by Crippen LogP contribution is -2.28. The maximum Gasteiger partial charge on any atom is 0.264 e. The first-order chi connectivity index (χ1) is 14.6. The average Bonchev–Trinajstić information content (AvgIpc) is 3.30. The highest BCUT2D eigenvalue weighted by atomic mass is 16.5. The predicted molar refractivity (Wildman–Crippen MR) is 111 cm³/mol. The number of benzene rings is 1. The molecule has 2 aromatic heterocycles. The number of ether oxygens (including phenoxy) is 2. The van der Waals surface area contributed by atoms with Crippen molar-refractivity contribution in [2.24, 2.45) is 0 Å². The summed E-state index contributed by atoms with van der Waals surface area (Å²) in [7, 11) is 3.05. The van der Waals surface area contributed by atoms with Gasteiger partial charge in [-0.25, -0.2) is 9.97 Å². The fourth-order valence-corrected chi connectivity index (χ4v) is 3.36. The van der Waals surface area contributed by atoms with Gasteiger partial charge in [-0.1, -0.05) is 0 Å². The number of hydrogen-bond acceptors (Lipinski definition) is 8. The number of methoxy groups -OCH3 is 2. The molecular formula is C20H22N6O4. The molecule has 0 atom stereocenters. The third kappa shape index (κ3) is 4.02. The van der Waals surface area contributed by atoms with Crippen molar-refractivity contribution in [1.82, 2.24) is 19.5 Å². The Kier molecular flexibility index (Phi) is 5.46. The summed E-state index contributed by atoms with van der Waals surface area (Å²) in [5.41, 5.74) is 0.453. The molecule has 0 spiro atoms. The van der Waals surface area contributed by atoms with E-state index in [0.717, 1.165) is 25.9 Å². The molecule has 10 heteroatoms. The Balaban J connectivity index is 1.53. The Bertz CT molecular complexity index is 1120. The zero-order valence-corrected chi connectivity index (χ0v) is 16.8. The van der Waals surface area contributed by atoms with Gasteiger partial charge >= 0.3 is 0 Å². The Morgan fingerprint density at radius 2 is 1.80 bits per heavy atom. The number of carbonyl (C=O) groups is 1. The van der Waals surface area contributed by atoms with Gasteiger partial charge in [0.25, 0.3) is 5.56 Å². The van der Waals surface area contributed by atoms with Crippen molar-refractivity contribution in [2.75, 3.05) is 37.5 Å². The number of carbonyl (C=O) groups excluding carboxylic acids is 1. The third-order valence-corrected chi connectivity index (χ3v) is 4.90. The fourth-order valence-electron chi connectivity index (χ4n) is 3.36. The highest BCUT2D eigenvalue weighted by Crippen LogP contribution is 2.25. The van der Waals surface area contributed by atoms with Gasteiger partial charge in [0.2, 0.25) is 11.9 Å². The molecule has 1 aliphatic rings. The van der Waals surface area contributed by atoms with E-state index in [1.165, 1.54) is 31.3 Å². The van der Waals surface area contributed by atoms with Crippen molar-refractivity contribution < 1.29 is 14.3 Å². The fraction of sp³-hybridized carbons (Fsp3) is 0.350. The van der Waals surface area contributed by atoms with Crippen LogP contribution in [-0.4, -0.2) is 52.7 Å². The third-order valence-electron chi connectivity index (χ3n) is 4.90. The smallest absolute Gasteiger partial charge is 0.264 e. The van der Waals surface area contributed by atoms with Crippen molar-refractivity contribution in [3.8, 4) is 11.5 Å². The molecule has 10 nitrogen and oxygen atoms in total. The van der Waals surface area contributed by atoms with E-state index in [4.69, 9.17) is 9.47 Å². The molecule has 1 saturated heterocycles. The van der Waals surface area contributed by atoms with Gasteiger partial charge in [-0.3, -0.25) is 14.2 Å². The summed E-state index contributed by atoms with van der Waals surface area (Å²) in [4.78, 5) is 40.3. The van der Waals surface area contributed by atoms with E-state index in [-0.39, 0.29) is 23.4 Å². The minimum absolute atomic E-state index is 0.199. The first kappa shape index (κ1) is 19.6. The van der Waals surface area contributed by atoms with E-state index in [1.807, 2.05) is 0 Å². The van der Waals surface area contributed by atoms with Crippen LogP contribution in [0.3, 0.4) is 0 Å². The van der Waals surface area contributed by atoms with Crippen LogP contribution in [0.25, 0.3) is 11.0 Å². The van der Waals surface area contributed by atoms with Gasteiger partial charge < -0.3 is 19.7 Å². The van der Waals surface area contributed by atoms with Crippen molar-refractivity contribution in [3.63, 3.8) is 0 Å². The normalized spacial score (nSPS) is 13.5. The van der Waals surface area contributed by atoms with Crippen LogP contribution in [0.1, 0.15) is 12.8 Å². The predicted octanol–water partition coefficient (Wildman–Crippen LogP) is 1.44. The van der Waals surface area contributed by atoms with E-state index in [9.17, 15) is 9.59 Å². The SMILES string of the molecule is COc1cc(NC(=O)Cn2cnc3nc(N4CCCC4)ncc3c2=O)cc(OC)c1. The summed E-state index contributed by atoms with van der Waals surface area (Å²) < 4.78 is 11.6. The van der Waals surface area contributed by atoms with E-state index in [0.29, 0.717) is 28.8 Å². The molecule has 0 radical (unpaired) electrons. The second-order valence-corrected chi connectivity index (χ2v) is 6.93. The Morgan fingerprint density at radius 3 is 2.47 bits per heavy atom. The van der Waals surface area contributed by atoms with Gasteiger partial charge in [0.1, 0.15) is 29.8 Å². The van der Waals surface area contributed by atoms with Crippen LogP contribution in [0.15, 0.2) is 35.5 Å². The summed E-state index contributed by atoms with van der Waals surface area (Å²) in [6.07, 6.45) is 5.01. The quantitative estimate of drug-likeness (QED) is 0.650. The minimum Gasteiger partial charge on any atom is -0.497 e. The topological polar surface area (TPSA) is 111 Å². The Hall–Kier alpha value is -3.69. The highest BCUT2D eigenvalue weighted by Gasteiger charge is 2.17. The molecule has 3 aromatic rings. The molecule has 1 N–H and O–H groups in total. The number of rotatable bonds is 6. The average molecular weight is 410 g/mol. The summed E-state index contributed by atoms with van der Waals surface area (Å²) >= 11 is 0. The molecule has 4 rings (SSSR count). The molecule has 156 valence electrons. The van der Waals surface area contributed by atoms with Gasteiger partial charge in [-0.05, 0) is 12.8 Å². The van der Waals surface area contributed by atoms with Crippen molar-refractivity contribution >= 4 is 28.6 Å². The molecular weight excluding hydrogens is 388 g/mol. The number of nitrogens with zero attached hydrogens (tertiary/aromatic N) is 5. The largest absolute Gasteiger partial charge is 0.497 e. The minimum atomic E-state index is -0.386. The van der Waals surface area contributed by atoms with Crippen molar-refractivity contribution in [2.45, 2.75) is 19.4 Å². The molecule has 0 saturated carbocycles. The molecule has 0 unspecified atom stereocenters. The molecule has 3 heterocycles. The van der Waals surface area contributed by atoms with Gasteiger partial charge in [0.15, 0.2) is 5.65 Å². The van der Waals surface area contributed by atoms with Crippen LogP contribution >= 0.6 is 0 Å². The van der Waals surface area contributed by atoms with Crippen LogP contribution < -0.4 is 25.2 Å². The lowest BCUT2D eigenvalue weighted by atomic mass is 10.2. The molecule has 0 aliphatic carbocycles. The number of fused-ring (bicyclic) bond motifs is 1. The second kappa shape index (κ2) is 8.36. The zero-order chi connectivity index (χ0) is 21.1. The first-order valence-electron chi connectivity index (χ1n) is 9.57. The summed E-state index contributed by atoms with van der Waals surface area (Å²) in [6, 6.07) is 5.02. The molecule has 0 bridgehead atoms. The van der Waals surface area contributed by atoms with Gasteiger partial charge in [-0.15, -0.1) is 0 Å². The van der Waals surface area contributed by atoms with Crippen LogP contribution in [0.2, 0.25) is 0 Å². The molecule has 1 aliphatic heterocycles.